The minimum Gasteiger partial charge on any atom is -0.508 e. The summed E-state index contributed by atoms with van der Waals surface area (Å²) in [6, 6.07) is 2.85. The Hall–Kier alpha value is -2.77. The largest absolute Gasteiger partial charge is 0.508 e. The molecule has 0 aliphatic carbocycles. The van der Waals surface area contributed by atoms with Crippen molar-refractivity contribution in [2.45, 2.75) is 112 Å². The van der Waals surface area contributed by atoms with Gasteiger partial charge in [0.2, 0.25) is 11.8 Å². The van der Waals surface area contributed by atoms with Gasteiger partial charge in [-0.3, -0.25) is 9.59 Å². The Bertz CT molecular complexity index is 878. The number of rotatable bonds is 12. The topological polar surface area (TPSA) is 108 Å². The molecule has 1 aromatic rings. The fraction of sp³-hybridized carbons (Fsp3) is 0.679. The first kappa shape index (κ1) is 31.3. The van der Waals surface area contributed by atoms with Crippen molar-refractivity contribution in [2.24, 2.45) is 5.92 Å². The van der Waals surface area contributed by atoms with Gasteiger partial charge in [-0.15, -0.1) is 0 Å². The molecule has 0 fully saturated rings. The normalized spacial score (nSPS) is 14.1. The maximum absolute atomic E-state index is 13.9. The van der Waals surface area contributed by atoms with E-state index in [9.17, 15) is 19.5 Å². The molecule has 0 spiro atoms. The fourth-order valence-electron chi connectivity index (χ4n) is 3.85. The van der Waals surface area contributed by atoms with Crippen LogP contribution in [0.5, 0.6) is 5.75 Å². The number of aromatic hydroxyl groups is 1. The number of aryl methyl sites for hydroxylation is 1. The van der Waals surface area contributed by atoms with Crippen LogP contribution in [0.15, 0.2) is 18.2 Å². The summed E-state index contributed by atoms with van der Waals surface area (Å²) in [6.45, 7) is 17.3. The summed E-state index contributed by atoms with van der Waals surface area (Å²) in [7, 11) is 0. The van der Waals surface area contributed by atoms with Gasteiger partial charge < -0.3 is 25.4 Å². The number of hydrogen-bond donors (Lipinski definition) is 3. The molecule has 36 heavy (non-hydrogen) atoms. The molecule has 8 heteroatoms. The van der Waals surface area contributed by atoms with Crippen molar-refractivity contribution in [1.29, 1.82) is 0 Å². The van der Waals surface area contributed by atoms with E-state index in [-0.39, 0.29) is 23.6 Å². The number of phenols is 1. The summed E-state index contributed by atoms with van der Waals surface area (Å²) in [5.41, 5.74) is 0.511. The zero-order valence-electron chi connectivity index (χ0n) is 23.6. The van der Waals surface area contributed by atoms with Gasteiger partial charge in [0.1, 0.15) is 23.4 Å². The maximum Gasteiger partial charge on any atom is 0.408 e. The summed E-state index contributed by atoms with van der Waals surface area (Å²) < 4.78 is 5.34. The van der Waals surface area contributed by atoms with Crippen LogP contribution in [-0.4, -0.2) is 52.1 Å². The highest BCUT2D eigenvalue weighted by atomic mass is 16.6. The van der Waals surface area contributed by atoms with Crippen molar-refractivity contribution >= 4 is 17.9 Å². The first-order valence-electron chi connectivity index (χ1n) is 13.1. The number of nitrogens with one attached hydrogen (secondary N) is 2. The lowest BCUT2D eigenvalue weighted by Crippen LogP contribution is -2.54. The first-order valence-corrected chi connectivity index (χ1v) is 13.1. The number of unbranched alkanes of at least 4 members (excludes halogenated alkanes) is 1. The molecule has 204 valence electrons. The number of carbonyl (C=O) groups excluding carboxylic acids is 3. The Morgan fingerprint density at radius 3 is 2.25 bits per heavy atom. The van der Waals surface area contributed by atoms with Crippen molar-refractivity contribution in [2.75, 3.05) is 6.54 Å². The average molecular weight is 506 g/mol. The van der Waals surface area contributed by atoms with Gasteiger partial charge in [0, 0.05) is 12.6 Å². The van der Waals surface area contributed by atoms with Crippen molar-refractivity contribution in [3.8, 4) is 5.75 Å². The molecule has 3 atom stereocenters. The highest BCUT2D eigenvalue weighted by Crippen LogP contribution is 2.30. The Morgan fingerprint density at radius 2 is 1.72 bits per heavy atom. The Balaban J connectivity index is 3.45. The van der Waals surface area contributed by atoms with E-state index in [1.54, 1.807) is 57.7 Å². The van der Waals surface area contributed by atoms with E-state index < -0.39 is 23.8 Å². The molecule has 0 bridgehead atoms. The number of benzene rings is 1. The molecule has 3 amide bonds. The molecule has 3 unspecified atom stereocenters. The van der Waals surface area contributed by atoms with Crippen LogP contribution in [0, 0.1) is 12.8 Å². The number of nitrogens with zero attached hydrogens (tertiary/aromatic N) is 1. The predicted octanol–water partition coefficient (Wildman–Crippen LogP) is 5.22. The molecule has 1 rings (SSSR count). The van der Waals surface area contributed by atoms with E-state index in [4.69, 9.17) is 4.74 Å². The summed E-state index contributed by atoms with van der Waals surface area (Å²) in [5.74, 6) is -0.120. The molecule has 0 aliphatic heterocycles. The van der Waals surface area contributed by atoms with E-state index in [1.165, 1.54) is 0 Å². The summed E-state index contributed by atoms with van der Waals surface area (Å²) in [5, 5.41) is 15.7. The van der Waals surface area contributed by atoms with Crippen LogP contribution in [0.4, 0.5) is 4.79 Å². The molecule has 1 aromatic carbocycles. The van der Waals surface area contributed by atoms with Crippen molar-refractivity contribution in [3.05, 3.63) is 29.3 Å². The fourth-order valence-corrected chi connectivity index (χ4v) is 3.85. The van der Waals surface area contributed by atoms with Crippen LogP contribution in [0.25, 0.3) is 0 Å². The van der Waals surface area contributed by atoms with E-state index in [0.29, 0.717) is 30.0 Å². The molecule has 3 N–H and O–H groups in total. The summed E-state index contributed by atoms with van der Waals surface area (Å²) >= 11 is 0. The number of hydrogen-bond acceptors (Lipinski definition) is 5. The standard InChI is InChI=1S/C28H47N3O5/c1-10-11-16-29-25(33)24(22-14-15-23(32)19(4)17-22)31(20(5)13-12-18(2)3)26(34)21(6)30-27(35)36-28(7,8)9/h14-15,17-18,20-21,24,32H,10-13,16H2,1-9H3,(H,29,33)(H,30,35). The maximum atomic E-state index is 13.9. The van der Waals surface area contributed by atoms with Crippen LogP contribution in [0.1, 0.15) is 98.2 Å². The smallest absolute Gasteiger partial charge is 0.408 e. The van der Waals surface area contributed by atoms with Gasteiger partial charge in [-0.05, 0) is 90.0 Å². The second kappa shape index (κ2) is 14.1. The number of alkyl carbamates (subject to hydrolysis) is 1. The predicted molar refractivity (Wildman–Crippen MR) is 143 cm³/mol. The molecular formula is C28H47N3O5. The first-order chi connectivity index (χ1) is 16.7. The number of ether oxygens (including phenoxy) is 1. The quantitative estimate of drug-likeness (QED) is 0.337. The molecule has 0 aliphatic rings. The molecular weight excluding hydrogens is 458 g/mol. The minimum absolute atomic E-state index is 0.120. The highest BCUT2D eigenvalue weighted by Gasteiger charge is 2.37. The van der Waals surface area contributed by atoms with E-state index >= 15 is 0 Å². The van der Waals surface area contributed by atoms with Gasteiger partial charge in [0.15, 0.2) is 0 Å². The molecule has 0 heterocycles. The van der Waals surface area contributed by atoms with Crippen LogP contribution in [0.3, 0.4) is 0 Å². The molecule has 0 aromatic heterocycles. The van der Waals surface area contributed by atoms with Crippen LogP contribution >= 0.6 is 0 Å². The average Bonchev–Trinajstić information content (AvgIpc) is 2.76. The number of phenolic OH excluding ortho intramolecular Hbond substituents is 1. The molecule has 0 saturated heterocycles. The number of carbonyl (C=O) groups is 3. The van der Waals surface area contributed by atoms with Gasteiger partial charge in [0.05, 0.1) is 0 Å². The van der Waals surface area contributed by atoms with Gasteiger partial charge >= 0.3 is 6.09 Å². The van der Waals surface area contributed by atoms with Crippen molar-refractivity contribution in [3.63, 3.8) is 0 Å². The van der Waals surface area contributed by atoms with Gasteiger partial charge in [-0.2, -0.15) is 0 Å². The zero-order chi connectivity index (χ0) is 27.6. The summed E-state index contributed by atoms with van der Waals surface area (Å²) in [4.78, 5) is 41.4. The van der Waals surface area contributed by atoms with Crippen LogP contribution in [0.2, 0.25) is 0 Å². The zero-order valence-corrected chi connectivity index (χ0v) is 23.6. The third-order valence-electron chi connectivity index (χ3n) is 5.89. The second-order valence-corrected chi connectivity index (χ2v) is 11.0. The monoisotopic (exact) mass is 505 g/mol. The third kappa shape index (κ3) is 10.1. The lowest BCUT2D eigenvalue weighted by atomic mass is 9.96. The molecule has 0 saturated carbocycles. The second-order valence-electron chi connectivity index (χ2n) is 11.0. The minimum atomic E-state index is -0.918. The van der Waals surface area contributed by atoms with Gasteiger partial charge in [-0.25, -0.2) is 4.79 Å². The Labute approximate surface area is 217 Å². The molecule has 0 radical (unpaired) electrons. The van der Waals surface area contributed by atoms with Crippen LogP contribution in [-0.2, 0) is 14.3 Å². The van der Waals surface area contributed by atoms with Gasteiger partial charge in [0.25, 0.3) is 0 Å². The van der Waals surface area contributed by atoms with Crippen molar-refractivity contribution in [1.82, 2.24) is 15.5 Å². The third-order valence-corrected chi connectivity index (χ3v) is 5.89. The highest BCUT2D eigenvalue weighted by molar-refractivity contribution is 5.92. The van der Waals surface area contributed by atoms with E-state index in [1.807, 2.05) is 13.8 Å². The SMILES string of the molecule is CCCCNC(=O)C(c1ccc(O)c(C)c1)N(C(=O)C(C)NC(=O)OC(C)(C)C)C(C)CCC(C)C. The number of amides is 3. The Kier molecular flexibility index (Phi) is 12.2. The molecule has 8 nitrogen and oxygen atoms in total. The van der Waals surface area contributed by atoms with E-state index in [2.05, 4.69) is 24.5 Å². The van der Waals surface area contributed by atoms with E-state index in [0.717, 1.165) is 19.3 Å². The van der Waals surface area contributed by atoms with Crippen LogP contribution < -0.4 is 10.6 Å². The lowest BCUT2D eigenvalue weighted by Gasteiger charge is -2.38. The van der Waals surface area contributed by atoms with Gasteiger partial charge in [-0.1, -0.05) is 33.3 Å². The summed E-state index contributed by atoms with van der Waals surface area (Å²) in [6.07, 6.45) is 2.62. The lowest BCUT2D eigenvalue weighted by molar-refractivity contribution is -0.144. The Morgan fingerprint density at radius 1 is 1.08 bits per heavy atom. The van der Waals surface area contributed by atoms with Crippen molar-refractivity contribution < 1.29 is 24.2 Å².